The van der Waals surface area contributed by atoms with E-state index in [0.717, 1.165) is 18.4 Å². The summed E-state index contributed by atoms with van der Waals surface area (Å²) in [6, 6.07) is 7.11. The number of phenolic OH excluding ortho intramolecular Hbond substituents is 1. The molecule has 0 bridgehead atoms. The normalized spacial score (nSPS) is 14.9. The fourth-order valence-electron chi connectivity index (χ4n) is 2.33. The van der Waals surface area contributed by atoms with Gasteiger partial charge in [-0.15, -0.1) is 0 Å². The minimum atomic E-state index is -0.245. The quantitative estimate of drug-likeness (QED) is 0.708. The van der Waals surface area contributed by atoms with Crippen LogP contribution in [-0.2, 0) is 6.42 Å². The van der Waals surface area contributed by atoms with Crippen molar-refractivity contribution in [2.24, 2.45) is 17.1 Å². The van der Waals surface area contributed by atoms with Crippen LogP contribution in [0.15, 0.2) is 24.3 Å². The van der Waals surface area contributed by atoms with Crippen LogP contribution >= 0.6 is 0 Å². The predicted octanol–water partition coefficient (Wildman–Crippen LogP) is 1.92. The van der Waals surface area contributed by atoms with Gasteiger partial charge >= 0.3 is 0 Å². The molecule has 1 aromatic rings. The molecule has 0 fully saturated rings. The third-order valence-corrected chi connectivity index (χ3v) is 3.13. The molecule has 3 nitrogen and oxygen atoms in total. The number of benzene rings is 1. The summed E-state index contributed by atoms with van der Waals surface area (Å²) >= 11 is 0. The molecule has 0 aliphatic heterocycles. The van der Waals surface area contributed by atoms with E-state index in [1.54, 1.807) is 12.1 Å². The van der Waals surface area contributed by atoms with Crippen LogP contribution in [0.3, 0.4) is 0 Å². The van der Waals surface area contributed by atoms with Crippen molar-refractivity contribution in [3.05, 3.63) is 29.8 Å². The van der Waals surface area contributed by atoms with Crippen molar-refractivity contribution in [1.82, 2.24) is 0 Å². The lowest BCUT2D eigenvalue weighted by Crippen LogP contribution is -2.37. The van der Waals surface area contributed by atoms with E-state index >= 15 is 0 Å². The van der Waals surface area contributed by atoms with E-state index in [0.29, 0.717) is 12.5 Å². The van der Waals surface area contributed by atoms with Crippen LogP contribution in [0.5, 0.6) is 5.75 Å². The molecule has 0 spiro atoms. The summed E-state index contributed by atoms with van der Waals surface area (Å²) in [6.45, 7) is 4.85. The molecule has 0 aromatic heterocycles. The Morgan fingerprint density at radius 2 is 1.82 bits per heavy atom. The van der Waals surface area contributed by atoms with Gasteiger partial charge < -0.3 is 15.9 Å². The van der Waals surface area contributed by atoms with Crippen LogP contribution in [0.2, 0.25) is 0 Å². The van der Waals surface area contributed by atoms with Crippen molar-refractivity contribution >= 4 is 0 Å². The molecule has 0 amide bonds. The lowest BCUT2D eigenvalue weighted by Gasteiger charge is -2.32. The average Bonchev–Trinajstić information content (AvgIpc) is 2.30. The standard InChI is InChI=1S/C14H23NO2/c1-11(2)7-14(9-15,10-16)8-12-3-5-13(17)6-4-12/h3-6,11,16-17H,7-10,15H2,1-2H3. The third-order valence-electron chi connectivity index (χ3n) is 3.13. The number of rotatable bonds is 6. The van der Waals surface area contributed by atoms with Gasteiger partial charge in [0.2, 0.25) is 0 Å². The van der Waals surface area contributed by atoms with Gasteiger partial charge in [-0.2, -0.15) is 0 Å². The fraction of sp³-hybridized carbons (Fsp3) is 0.571. The van der Waals surface area contributed by atoms with Gasteiger partial charge in [-0.3, -0.25) is 0 Å². The first kappa shape index (κ1) is 14.0. The summed E-state index contributed by atoms with van der Waals surface area (Å²) < 4.78 is 0. The molecule has 1 atom stereocenters. The molecule has 96 valence electrons. The molecular weight excluding hydrogens is 214 g/mol. The number of hydrogen-bond donors (Lipinski definition) is 3. The minimum absolute atomic E-state index is 0.0998. The van der Waals surface area contributed by atoms with Gasteiger partial charge in [0.15, 0.2) is 0 Å². The molecule has 0 aliphatic rings. The van der Waals surface area contributed by atoms with E-state index in [2.05, 4.69) is 13.8 Å². The summed E-state index contributed by atoms with van der Waals surface area (Å²) in [6.07, 6.45) is 1.65. The van der Waals surface area contributed by atoms with E-state index in [-0.39, 0.29) is 17.8 Å². The maximum absolute atomic E-state index is 9.61. The molecule has 1 aromatic carbocycles. The Labute approximate surface area is 103 Å². The van der Waals surface area contributed by atoms with E-state index < -0.39 is 0 Å². The second-order valence-electron chi connectivity index (χ2n) is 5.30. The van der Waals surface area contributed by atoms with Crippen LogP contribution in [-0.4, -0.2) is 23.4 Å². The lowest BCUT2D eigenvalue weighted by molar-refractivity contribution is 0.108. The molecule has 0 saturated heterocycles. The summed E-state index contributed by atoms with van der Waals surface area (Å²) in [4.78, 5) is 0. The van der Waals surface area contributed by atoms with Crippen molar-refractivity contribution < 1.29 is 10.2 Å². The van der Waals surface area contributed by atoms with E-state index in [1.807, 2.05) is 12.1 Å². The number of phenols is 1. The monoisotopic (exact) mass is 237 g/mol. The smallest absolute Gasteiger partial charge is 0.115 e. The van der Waals surface area contributed by atoms with E-state index in [9.17, 15) is 10.2 Å². The zero-order valence-corrected chi connectivity index (χ0v) is 10.7. The van der Waals surface area contributed by atoms with Crippen LogP contribution < -0.4 is 5.73 Å². The first-order valence-electron chi connectivity index (χ1n) is 6.10. The van der Waals surface area contributed by atoms with Crippen molar-refractivity contribution in [3.63, 3.8) is 0 Å². The summed E-state index contributed by atoms with van der Waals surface area (Å²) in [5.74, 6) is 0.766. The summed E-state index contributed by atoms with van der Waals surface area (Å²) in [5.41, 5.74) is 6.69. The minimum Gasteiger partial charge on any atom is -0.508 e. The second-order valence-corrected chi connectivity index (χ2v) is 5.30. The number of hydrogen-bond acceptors (Lipinski definition) is 3. The summed E-state index contributed by atoms with van der Waals surface area (Å²) in [5, 5.41) is 18.9. The highest BCUT2D eigenvalue weighted by molar-refractivity contribution is 5.26. The topological polar surface area (TPSA) is 66.5 Å². The van der Waals surface area contributed by atoms with Gasteiger partial charge in [0.1, 0.15) is 5.75 Å². The van der Waals surface area contributed by atoms with Gasteiger partial charge in [-0.05, 0) is 36.5 Å². The first-order chi connectivity index (χ1) is 8.01. The molecule has 1 unspecified atom stereocenters. The van der Waals surface area contributed by atoms with Gasteiger partial charge in [-0.1, -0.05) is 26.0 Å². The third kappa shape index (κ3) is 4.02. The maximum Gasteiger partial charge on any atom is 0.115 e. The first-order valence-corrected chi connectivity index (χ1v) is 6.10. The predicted molar refractivity (Wildman–Crippen MR) is 69.8 cm³/mol. The van der Waals surface area contributed by atoms with Crippen LogP contribution in [0.1, 0.15) is 25.8 Å². The molecule has 0 heterocycles. The largest absolute Gasteiger partial charge is 0.508 e. The Bertz CT molecular complexity index is 329. The maximum atomic E-state index is 9.61. The molecule has 0 aliphatic carbocycles. The molecule has 1 rings (SSSR count). The highest BCUT2D eigenvalue weighted by atomic mass is 16.3. The van der Waals surface area contributed by atoms with Crippen molar-refractivity contribution in [2.45, 2.75) is 26.7 Å². The van der Waals surface area contributed by atoms with Crippen LogP contribution in [0.25, 0.3) is 0 Å². The van der Waals surface area contributed by atoms with Crippen molar-refractivity contribution in [2.75, 3.05) is 13.2 Å². The Morgan fingerprint density at radius 3 is 2.24 bits per heavy atom. The van der Waals surface area contributed by atoms with E-state index in [4.69, 9.17) is 5.73 Å². The Balaban J connectivity index is 2.82. The highest BCUT2D eigenvalue weighted by Gasteiger charge is 2.29. The molecule has 0 radical (unpaired) electrons. The number of aliphatic hydroxyl groups excluding tert-OH is 1. The SMILES string of the molecule is CC(C)CC(CN)(CO)Cc1ccc(O)cc1. The molecule has 17 heavy (non-hydrogen) atoms. The van der Waals surface area contributed by atoms with Crippen LogP contribution in [0.4, 0.5) is 0 Å². The van der Waals surface area contributed by atoms with Gasteiger partial charge in [0, 0.05) is 12.0 Å². The molecule has 0 saturated carbocycles. The Morgan fingerprint density at radius 1 is 1.24 bits per heavy atom. The fourth-order valence-corrected chi connectivity index (χ4v) is 2.33. The van der Waals surface area contributed by atoms with Gasteiger partial charge in [-0.25, -0.2) is 0 Å². The number of aliphatic hydroxyl groups is 1. The van der Waals surface area contributed by atoms with Crippen molar-refractivity contribution in [3.8, 4) is 5.75 Å². The van der Waals surface area contributed by atoms with Gasteiger partial charge in [0.05, 0.1) is 6.61 Å². The lowest BCUT2D eigenvalue weighted by atomic mass is 9.76. The average molecular weight is 237 g/mol. The Hall–Kier alpha value is -1.06. The highest BCUT2D eigenvalue weighted by Crippen LogP contribution is 2.30. The van der Waals surface area contributed by atoms with Gasteiger partial charge in [0.25, 0.3) is 0 Å². The van der Waals surface area contributed by atoms with E-state index in [1.165, 1.54) is 0 Å². The molecular formula is C14H23NO2. The Kier molecular flexibility index (Phi) is 4.97. The zero-order chi connectivity index (χ0) is 12.9. The number of nitrogens with two attached hydrogens (primary N) is 1. The zero-order valence-electron chi connectivity index (χ0n) is 10.7. The van der Waals surface area contributed by atoms with Crippen molar-refractivity contribution in [1.29, 1.82) is 0 Å². The summed E-state index contributed by atoms with van der Waals surface area (Å²) in [7, 11) is 0. The molecule has 3 heteroatoms. The number of aromatic hydroxyl groups is 1. The second kappa shape index (κ2) is 6.03. The van der Waals surface area contributed by atoms with Crippen LogP contribution in [0, 0.1) is 11.3 Å². The molecule has 4 N–H and O–H groups in total.